The van der Waals surface area contributed by atoms with E-state index in [0.717, 1.165) is 36.4 Å². The van der Waals surface area contributed by atoms with Crippen molar-refractivity contribution in [1.82, 2.24) is 0 Å². The molecule has 0 bridgehead atoms. The van der Waals surface area contributed by atoms with Gasteiger partial charge in [0.25, 0.3) is 10.0 Å². The van der Waals surface area contributed by atoms with Gasteiger partial charge in [0.2, 0.25) is 0 Å². The Kier molecular flexibility index (Phi) is 5.73. The van der Waals surface area contributed by atoms with E-state index in [1.807, 2.05) is 12.1 Å². The molecular weight excluding hydrogens is 476 g/mol. The molecule has 186 valence electrons. The predicted octanol–water partition coefficient (Wildman–Crippen LogP) is 5.26. The second kappa shape index (κ2) is 8.94. The molecule has 3 aliphatic heterocycles. The van der Waals surface area contributed by atoms with E-state index in [1.165, 1.54) is 11.1 Å². The molecule has 0 aliphatic carbocycles. The maximum Gasteiger partial charge on any atom is 0.261 e. The number of anilines is 2. The molecule has 3 heterocycles. The number of sulfonamides is 1. The van der Waals surface area contributed by atoms with Crippen molar-refractivity contribution in [3.8, 4) is 5.75 Å². The summed E-state index contributed by atoms with van der Waals surface area (Å²) in [6.07, 6.45) is 1.98. The largest absolute Gasteiger partial charge is 0.493 e. The van der Waals surface area contributed by atoms with Crippen LogP contribution in [0.25, 0.3) is 0 Å². The van der Waals surface area contributed by atoms with E-state index in [-0.39, 0.29) is 28.7 Å². The van der Waals surface area contributed by atoms with Gasteiger partial charge in [0.1, 0.15) is 5.75 Å². The Balaban J connectivity index is 1.30. The van der Waals surface area contributed by atoms with Crippen LogP contribution in [0, 0.1) is 5.92 Å². The first-order chi connectivity index (χ1) is 17.4. The summed E-state index contributed by atoms with van der Waals surface area (Å²) in [4.78, 5) is 12.2. The average Bonchev–Trinajstić information content (AvgIpc) is 3.57. The first-order valence-corrected chi connectivity index (χ1v) is 13.8. The van der Waals surface area contributed by atoms with Crippen LogP contribution in [0.2, 0.25) is 0 Å². The monoisotopic (exact) mass is 504 g/mol. The number of carbonyl (C=O) groups is 1. The van der Waals surface area contributed by atoms with Gasteiger partial charge in [-0.05, 0) is 60.0 Å². The van der Waals surface area contributed by atoms with Gasteiger partial charge in [-0.2, -0.15) is 0 Å². The molecule has 2 N–H and O–H groups in total. The topological polar surface area (TPSA) is 93.7 Å². The van der Waals surface area contributed by atoms with Crippen molar-refractivity contribution in [2.75, 3.05) is 23.3 Å². The molecule has 0 amide bonds. The Bertz CT molecular complexity index is 1450. The molecule has 36 heavy (non-hydrogen) atoms. The molecule has 6 rings (SSSR count). The minimum absolute atomic E-state index is 0.0363. The standard InChI is InChI=1S/C28H28N2O5S/c1-2-25(31)17-4-3-5-20(15-17)30-36(32,33)21-7-8-24-23(16-21)28-22(11-13-35-28)27(29-24)19-6-9-26-18(14-19)10-12-34-26/h3-9,14-16,22,27-30H,2,10-13H2,1H3. The van der Waals surface area contributed by atoms with Crippen LogP contribution in [0.15, 0.2) is 65.6 Å². The molecule has 0 radical (unpaired) electrons. The zero-order valence-corrected chi connectivity index (χ0v) is 20.8. The number of nitrogens with one attached hydrogen (secondary N) is 2. The zero-order chi connectivity index (χ0) is 24.9. The number of hydrogen-bond donors (Lipinski definition) is 2. The van der Waals surface area contributed by atoms with Crippen LogP contribution in [0.4, 0.5) is 11.4 Å². The number of Topliss-reactive ketones (excluding diaryl/α,β-unsaturated/α-hetero) is 1. The van der Waals surface area contributed by atoms with Gasteiger partial charge in [-0.3, -0.25) is 9.52 Å². The normalized spacial score (nSPS) is 22.1. The summed E-state index contributed by atoms with van der Waals surface area (Å²) >= 11 is 0. The summed E-state index contributed by atoms with van der Waals surface area (Å²) in [5.74, 6) is 1.12. The number of ether oxygens (including phenoxy) is 2. The predicted molar refractivity (Wildman–Crippen MR) is 137 cm³/mol. The number of carbonyl (C=O) groups excluding carboxylic acids is 1. The van der Waals surface area contributed by atoms with Crippen molar-refractivity contribution >= 4 is 27.2 Å². The smallest absolute Gasteiger partial charge is 0.261 e. The Labute approximate surface area is 210 Å². The van der Waals surface area contributed by atoms with Crippen molar-refractivity contribution in [2.24, 2.45) is 5.92 Å². The minimum Gasteiger partial charge on any atom is -0.493 e. The third kappa shape index (κ3) is 4.04. The number of fused-ring (bicyclic) bond motifs is 4. The van der Waals surface area contributed by atoms with Crippen molar-refractivity contribution < 1.29 is 22.7 Å². The molecule has 1 fully saturated rings. The Morgan fingerprint density at radius 2 is 1.97 bits per heavy atom. The Morgan fingerprint density at radius 3 is 2.83 bits per heavy atom. The second-order valence-corrected chi connectivity index (χ2v) is 11.2. The zero-order valence-electron chi connectivity index (χ0n) is 20.0. The molecule has 3 unspecified atom stereocenters. The lowest BCUT2D eigenvalue weighted by Crippen LogP contribution is -2.29. The van der Waals surface area contributed by atoms with Gasteiger partial charge in [0.05, 0.1) is 23.6 Å². The van der Waals surface area contributed by atoms with E-state index in [1.54, 1.807) is 43.3 Å². The summed E-state index contributed by atoms with van der Waals surface area (Å²) in [5.41, 5.74) is 5.02. The first-order valence-electron chi connectivity index (χ1n) is 12.4. The molecule has 3 aromatic carbocycles. The fourth-order valence-electron chi connectivity index (χ4n) is 5.52. The second-order valence-electron chi connectivity index (χ2n) is 9.54. The highest BCUT2D eigenvalue weighted by atomic mass is 32.2. The summed E-state index contributed by atoms with van der Waals surface area (Å²) in [6, 6.07) is 18.2. The first kappa shape index (κ1) is 23.1. The number of benzene rings is 3. The molecule has 1 saturated heterocycles. The van der Waals surface area contributed by atoms with Crippen LogP contribution in [0.1, 0.15) is 59.0 Å². The quantitative estimate of drug-likeness (QED) is 0.445. The van der Waals surface area contributed by atoms with Crippen LogP contribution in [0.3, 0.4) is 0 Å². The Morgan fingerprint density at radius 1 is 1.08 bits per heavy atom. The fraction of sp³-hybridized carbons (Fsp3) is 0.321. The van der Waals surface area contributed by atoms with Gasteiger partial charge in [-0.15, -0.1) is 0 Å². The molecule has 7 nitrogen and oxygen atoms in total. The molecule has 0 saturated carbocycles. The number of rotatable bonds is 6. The fourth-order valence-corrected chi connectivity index (χ4v) is 6.61. The van der Waals surface area contributed by atoms with E-state index in [4.69, 9.17) is 9.47 Å². The highest BCUT2D eigenvalue weighted by Gasteiger charge is 2.42. The highest BCUT2D eigenvalue weighted by molar-refractivity contribution is 7.92. The molecule has 8 heteroatoms. The van der Waals surface area contributed by atoms with Crippen molar-refractivity contribution in [3.05, 3.63) is 82.9 Å². The summed E-state index contributed by atoms with van der Waals surface area (Å²) in [7, 11) is -3.86. The number of hydrogen-bond acceptors (Lipinski definition) is 6. The van der Waals surface area contributed by atoms with Gasteiger partial charge in [0.15, 0.2) is 5.78 Å². The van der Waals surface area contributed by atoms with Crippen molar-refractivity contribution in [3.63, 3.8) is 0 Å². The van der Waals surface area contributed by atoms with Crippen molar-refractivity contribution in [1.29, 1.82) is 0 Å². The molecular formula is C28H28N2O5S. The van der Waals surface area contributed by atoms with E-state index in [0.29, 0.717) is 24.3 Å². The summed E-state index contributed by atoms with van der Waals surface area (Å²) in [6.45, 7) is 3.13. The molecule has 3 aromatic rings. The van der Waals surface area contributed by atoms with Gasteiger partial charge in [0, 0.05) is 47.9 Å². The average molecular weight is 505 g/mol. The van der Waals surface area contributed by atoms with Gasteiger partial charge < -0.3 is 14.8 Å². The van der Waals surface area contributed by atoms with E-state index in [2.05, 4.69) is 22.2 Å². The van der Waals surface area contributed by atoms with E-state index >= 15 is 0 Å². The van der Waals surface area contributed by atoms with Gasteiger partial charge in [-0.1, -0.05) is 25.1 Å². The van der Waals surface area contributed by atoms with Crippen LogP contribution in [-0.4, -0.2) is 27.4 Å². The van der Waals surface area contributed by atoms with Gasteiger partial charge >= 0.3 is 0 Å². The summed E-state index contributed by atoms with van der Waals surface area (Å²) < 4.78 is 41.0. The Hall–Kier alpha value is -3.36. The molecule has 0 aromatic heterocycles. The van der Waals surface area contributed by atoms with E-state index < -0.39 is 10.0 Å². The van der Waals surface area contributed by atoms with Crippen LogP contribution >= 0.6 is 0 Å². The van der Waals surface area contributed by atoms with Crippen LogP contribution in [0.5, 0.6) is 5.75 Å². The lowest BCUT2D eigenvalue weighted by molar-refractivity contribution is 0.0827. The van der Waals surface area contributed by atoms with Crippen molar-refractivity contribution in [2.45, 2.75) is 43.2 Å². The summed E-state index contributed by atoms with van der Waals surface area (Å²) in [5, 5.41) is 3.66. The number of ketones is 1. The molecule has 0 spiro atoms. The third-order valence-corrected chi connectivity index (χ3v) is 8.73. The molecule has 3 atom stereocenters. The SMILES string of the molecule is CCC(=O)c1cccc(NS(=O)(=O)c2ccc3c(c2)C2OCCC2C(c2ccc4c(c2)CCO4)N3)c1. The minimum atomic E-state index is -3.86. The highest BCUT2D eigenvalue weighted by Crippen LogP contribution is 2.50. The van der Waals surface area contributed by atoms with Gasteiger partial charge in [-0.25, -0.2) is 8.42 Å². The third-order valence-electron chi connectivity index (χ3n) is 7.35. The molecule has 3 aliphatic rings. The lowest BCUT2D eigenvalue weighted by Gasteiger charge is -2.36. The maximum atomic E-state index is 13.3. The lowest BCUT2D eigenvalue weighted by atomic mass is 9.80. The van der Waals surface area contributed by atoms with Crippen LogP contribution < -0.4 is 14.8 Å². The van der Waals surface area contributed by atoms with Crippen LogP contribution in [-0.2, 0) is 21.2 Å². The van der Waals surface area contributed by atoms with E-state index in [9.17, 15) is 13.2 Å². The maximum absolute atomic E-state index is 13.3.